The van der Waals surface area contributed by atoms with E-state index in [0.29, 0.717) is 57.2 Å². The minimum atomic E-state index is -1.07. The van der Waals surface area contributed by atoms with Gasteiger partial charge < -0.3 is 24.9 Å². The molecule has 0 radical (unpaired) electrons. The van der Waals surface area contributed by atoms with Crippen molar-refractivity contribution in [1.29, 1.82) is 0 Å². The predicted molar refractivity (Wildman–Crippen MR) is 102 cm³/mol. The minimum absolute atomic E-state index is 0.00292. The molecule has 2 aliphatic rings. The average molecular weight is 428 g/mol. The van der Waals surface area contributed by atoms with Crippen LogP contribution in [0, 0.1) is 29.3 Å². The molecule has 0 aromatic heterocycles. The molecule has 1 saturated carbocycles. The Morgan fingerprint density at radius 3 is 2.43 bits per heavy atom. The average Bonchev–Trinajstić information content (AvgIpc) is 2.68. The maximum absolute atomic E-state index is 13.8. The van der Waals surface area contributed by atoms with Gasteiger partial charge in [0.1, 0.15) is 18.7 Å². The summed E-state index contributed by atoms with van der Waals surface area (Å²) in [5.41, 5.74) is 5.60. The zero-order chi connectivity index (χ0) is 21.9. The van der Waals surface area contributed by atoms with Crippen LogP contribution in [0.25, 0.3) is 0 Å². The molecule has 1 aromatic carbocycles. The number of halogens is 3. The van der Waals surface area contributed by atoms with Gasteiger partial charge in [-0.05, 0) is 38.5 Å². The summed E-state index contributed by atoms with van der Waals surface area (Å²) in [6.07, 6.45) is 2.51. The highest BCUT2D eigenvalue weighted by Crippen LogP contribution is 2.38. The summed E-state index contributed by atoms with van der Waals surface area (Å²) in [5, 5.41) is 0. The number of carbonyl (C=O) groups excluding carboxylic acids is 2. The fourth-order valence-electron chi connectivity index (χ4n) is 4.30. The molecule has 166 valence electrons. The first-order valence-corrected chi connectivity index (χ1v) is 10.1. The number of piperidine rings is 1. The van der Waals surface area contributed by atoms with Crippen molar-refractivity contribution < 1.29 is 32.2 Å². The first-order valence-electron chi connectivity index (χ1n) is 10.1. The standard InChI is InChI=1S/C21H27F3N2O4/c1-13(30-19-17(23)8-16(22)9-18(19)24)14-2-4-26(5-3-14)20(28)15-10-21(25,11-15)12-29-7-6-27/h6,8-9,13-15H,2-5,7,10-12,25H2,1H3. The number of hydrogen-bond donors (Lipinski definition) is 1. The summed E-state index contributed by atoms with van der Waals surface area (Å²) in [5.74, 6) is -3.79. The van der Waals surface area contributed by atoms with Crippen LogP contribution in [0.3, 0.4) is 0 Å². The smallest absolute Gasteiger partial charge is 0.225 e. The molecule has 2 N–H and O–H groups in total. The molecular weight excluding hydrogens is 401 g/mol. The molecule has 1 atom stereocenters. The maximum Gasteiger partial charge on any atom is 0.225 e. The molecule has 1 saturated heterocycles. The summed E-state index contributed by atoms with van der Waals surface area (Å²) < 4.78 is 51.3. The molecule has 1 aliphatic heterocycles. The van der Waals surface area contributed by atoms with E-state index in [9.17, 15) is 22.8 Å². The monoisotopic (exact) mass is 428 g/mol. The number of amides is 1. The molecule has 3 rings (SSSR count). The van der Waals surface area contributed by atoms with Gasteiger partial charge in [-0.3, -0.25) is 4.79 Å². The first kappa shape index (κ1) is 22.6. The van der Waals surface area contributed by atoms with Gasteiger partial charge in [-0.25, -0.2) is 13.2 Å². The number of carbonyl (C=O) groups is 2. The number of ether oxygens (including phenoxy) is 2. The maximum atomic E-state index is 13.8. The molecule has 1 unspecified atom stereocenters. The van der Waals surface area contributed by atoms with Gasteiger partial charge in [0.2, 0.25) is 5.91 Å². The number of likely N-dealkylation sites (tertiary alicyclic amines) is 1. The molecule has 30 heavy (non-hydrogen) atoms. The van der Waals surface area contributed by atoms with Crippen molar-refractivity contribution in [3.05, 3.63) is 29.6 Å². The van der Waals surface area contributed by atoms with Crippen molar-refractivity contribution in [2.24, 2.45) is 17.6 Å². The highest BCUT2D eigenvalue weighted by atomic mass is 19.1. The fraction of sp³-hybridized carbons (Fsp3) is 0.619. The van der Waals surface area contributed by atoms with E-state index in [1.807, 2.05) is 0 Å². The molecule has 1 aliphatic carbocycles. The number of hydrogen-bond acceptors (Lipinski definition) is 5. The van der Waals surface area contributed by atoms with Crippen molar-refractivity contribution in [2.75, 3.05) is 26.3 Å². The van der Waals surface area contributed by atoms with Crippen LogP contribution in [0.4, 0.5) is 13.2 Å². The van der Waals surface area contributed by atoms with Crippen molar-refractivity contribution in [3.8, 4) is 5.75 Å². The Labute approximate surface area is 173 Å². The molecule has 2 fully saturated rings. The lowest BCUT2D eigenvalue weighted by Gasteiger charge is -2.46. The SMILES string of the molecule is CC(Oc1c(F)cc(F)cc1F)C1CCN(C(=O)C2CC(N)(COCC=O)C2)CC1. The van der Waals surface area contributed by atoms with Gasteiger partial charge in [-0.15, -0.1) is 0 Å². The van der Waals surface area contributed by atoms with E-state index in [1.165, 1.54) is 0 Å². The van der Waals surface area contributed by atoms with Gasteiger partial charge in [0.05, 0.1) is 12.7 Å². The third kappa shape index (κ3) is 5.13. The molecule has 0 bridgehead atoms. The molecule has 1 aromatic rings. The van der Waals surface area contributed by atoms with E-state index >= 15 is 0 Å². The number of rotatable bonds is 8. The molecular formula is C21H27F3N2O4. The van der Waals surface area contributed by atoms with Crippen LogP contribution in [0.5, 0.6) is 5.75 Å². The number of nitrogens with two attached hydrogens (primary N) is 1. The summed E-state index contributed by atoms with van der Waals surface area (Å²) in [6, 6.07) is 1.18. The number of nitrogens with zero attached hydrogens (tertiary/aromatic N) is 1. The lowest BCUT2D eigenvalue weighted by molar-refractivity contribution is -0.144. The lowest BCUT2D eigenvalue weighted by Crippen LogP contribution is -2.59. The predicted octanol–water partition coefficient (Wildman–Crippen LogP) is 2.43. The Morgan fingerprint density at radius 1 is 1.27 bits per heavy atom. The Bertz CT molecular complexity index is 755. The van der Waals surface area contributed by atoms with Crippen LogP contribution in [0.1, 0.15) is 32.6 Å². The van der Waals surface area contributed by atoms with Gasteiger partial charge in [0.15, 0.2) is 17.4 Å². The Morgan fingerprint density at radius 2 is 1.87 bits per heavy atom. The van der Waals surface area contributed by atoms with E-state index in [2.05, 4.69) is 0 Å². The van der Waals surface area contributed by atoms with E-state index < -0.39 is 34.8 Å². The molecule has 1 amide bonds. The van der Waals surface area contributed by atoms with Gasteiger partial charge >= 0.3 is 0 Å². The molecule has 9 heteroatoms. The highest BCUT2D eigenvalue weighted by molar-refractivity contribution is 5.80. The Hall–Kier alpha value is -2.13. The lowest BCUT2D eigenvalue weighted by atomic mass is 9.68. The topological polar surface area (TPSA) is 81.9 Å². The number of aldehydes is 1. The van der Waals surface area contributed by atoms with E-state index in [4.69, 9.17) is 15.2 Å². The first-order chi connectivity index (χ1) is 14.2. The van der Waals surface area contributed by atoms with Gasteiger partial charge in [-0.2, -0.15) is 0 Å². The van der Waals surface area contributed by atoms with Crippen LogP contribution in [-0.2, 0) is 14.3 Å². The second kappa shape index (κ2) is 9.34. The van der Waals surface area contributed by atoms with Crippen LogP contribution in [0.15, 0.2) is 12.1 Å². The van der Waals surface area contributed by atoms with Crippen molar-refractivity contribution in [3.63, 3.8) is 0 Å². The minimum Gasteiger partial charge on any atom is -0.484 e. The van der Waals surface area contributed by atoms with Crippen LogP contribution >= 0.6 is 0 Å². The zero-order valence-corrected chi connectivity index (χ0v) is 16.9. The van der Waals surface area contributed by atoms with Gasteiger partial charge in [-0.1, -0.05) is 0 Å². The highest BCUT2D eigenvalue weighted by Gasteiger charge is 2.46. The molecule has 0 spiro atoms. The van der Waals surface area contributed by atoms with E-state index in [1.54, 1.807) is 11.8 Å². The quantitative estimate of drug-likeness (QED) is 0.508. The third-order valence-corrected chi connectivity index (χ3v) is 6.01. The summed E-state index contributed by atoms with van der Waals surface area (Å²) in [7, 11) is 0. The van der Waals surface area contributed by atoms with Crippen LogP contribution in [-0.4, -0.2) is 55.0 Å². The second-order valence-electron chi connectivity index (χ2n) is 8.33. The van der Waals surface area contributed by atoms with Gasteiger partial charge in [0, 0.05) is 36.7 Å². The Kier molecular flexibility index (Phi) is 7.02. The summed E-state index contributed by atoms with van der Waals surface area (Å²) >= 11 is 0. The molecule has 1 heterocycles. The van der Waals surface area contributed by atoms with Crippen molar-refractivity contribution in [2.45, 2.75) is 44.2 Å². The summed E-state index contributed by atoms with van der Waals surface area (Å²) in [6.45, 7) is 3.03. The third-order valence-electron chi connectivity index (χ3n) is 6.01. The Balaban J connectivity index is 1.46. The van der Waals surface area contributed by atoms with Crippen molar-refractivity contribution in [1.82, 2.24) is 4.90 Å². The van der Waals surface area contributed by atoms with Gasteiger partial charge in [0.25, 0.3) is 0 Å². The van der Waals surface area contributed by atoms with E-state index in [0.717, 1.165) is 0 Å². The number of benzene rings is 1. The molecule has 6 nitrogen and oxygen atoms in total. The largest absolute Gasteiger partial charge is 0.484 e. The fourth-order valence-corrected chi connectivity index (χ4v) is 4.30. The van der Waals surface area contributed by atoms with Crippen molar-refractivity contribution >= 4 is 12.2 Å². The van der Waals surface area contributed by atoms with Crippen LogP contribution < -0.4 is 10.5 Å². The summed E-state index contributed by atoms with van der Waals surface area (Å²) in [4.78, 5) is 24.8. The van der Waals surface area contributed by atoms with E-state index in [-0.39, 0.29) is 31.0 Å². The zero-order valence-electron chi connectivity index (χ0n) is 16.9. The van der Waals surface area contributed by atoms with Crippen LogP contribution in [0.2, 0.25) is 0 Å². The second-order valence-corrected chi connectivity index (χ2v) is 8.33. The normalized spacial score (nSPS) is 25.5.